The molecular weight excluding hydrogens is 216 g/mol. The van der Waals surface area contributed by atoms with Crippen LogP contribution in [-0.2, 0) is 4.79 Å². The van der Waals surface area contributed by atoms with Crippen LogP contribution >= 0.6 is 0 Å². The van der Waals surface area contributed by atoms with Crippen molar-refractivity contribution in [2.24, 2.45) is 0 Å². The van der Waals surface area contributed by atoms with Crippen molar-refractivity contribution in [3.05, 3.63) is 29.5 Å². The van der Waals surface area contributed by atoms with E-state index in [9.17, 15) is 9.90 Å². The number of aromatic nitrogens is 1. The summed E-state index contributed by atoms with van der Waals surface area (Å²) in [6.45, 7) is 1.95. The molecule has 4 nitrogen and oxygen atoms in total. The molecule has 1 fully saturated rings. The van der Waals surface area contributed by atoms with Gasteiger partial charge < -0.3 is 10.4 Å². The predicted octanol–water partition coefficient (Wildman–Crippen LogP) is 2.88. The highest BCUT2D eigenvalue weighted by Gasteiger charge is 2.18. The smallest absolute Gasteiger partial charge is 0.225 e. The number of carbonyl (C=O) groups excluding carboxylic acids is 1. The van der Waals surface area contributed by atoms with Crippen molar-refractivity contribution in [2.75, 3.05) is 5.32 Å². The van der Waals surface area contributed by atoms with Gasteiger partial charge in [0.15, 0.2) is 0 Å². The molecule has 1 amide bonds. The molecule has 4 heteroatoms. The van der Waals surface area contributed by atoms with Crippen molar-refractivity contribution in [3.8, 4) is 0 Å². The van der Waals surface area contributed by atoms with E-state index in [0.29, 0.717) is 18.0 Å². The van der Waals surface area contributed by atoms with Crippen LogP contribution in [0.15, 0.2) is 23.9 Å². The zero-order valence-corrected chi connectivity index (χ0v) is 9.86. The summed E-state index contributed by atoms with van der Waals surface area (Å²) >= 11 is 0. The van der Waals surface area contributed by atoms with Gasteiger partial charge >= 0.3 is 0 Å². The Morgan fingerprint density at radius 2 is 2.29 bits per heavy atom. The molecule has 0 atom stereocenters. The van der Waals surface area contributed by atoms with Gasteiger partial charge in [-0.2, -0.15) is 0 Å². The average Bonchev–Trinajstić information content (AvgIpc) is 3.12. The Morgan fingerprint density at radius 1 is 1.53 bits per heavy atom. The Bertz CT molecular complexity index is 460. The molecular formula is C13H16N2O2. The van der Waals surface area contributed by atoms with Crippen LogP contribution in [0.3, 0.4) is 0 Å². The van der Waals surface area contributed by atoms with E-state index in [1.54, 1.807) is 18.3 Å². The van der Waals surface area contributed by atoms with Crippen molar-refractivity contribution in [1.29, 1.82) is 0 Å². The fourth-order valence-corrected chi connectivity index (χ4v) is 1.58. The van der Waals surface area contributed by atoms with Crippen LogP contribution in [0.2, 0.25) is 0 Å². The number of aliphatic hydroxyl groups excluding tert-OH is 1. The third-order valence-corrected chi connectivity index (χ3v) is 2.61. The molecule has 1 saturated carbocycles. The standard InChI is InChI=1S/C13H16N2O2/c1-2-3-12(16)15-11-8-10(6-7-14-11)13(17)9-4-5-9/h6-8,17H,2-5H2,1H3,(H,14,15,16). The van der Waals surface area contributed by atoms with E-state index in [1.807, 2.05) is 6.92 Å². The maximum atomic E-state index is 11.4. The highest BCUT2D eigenvalue weighted by molar-refractivity contribution is 5.90. The zero-order valence-electron chi connectivity index (χ0n) is 9.86. The average molecular weight is 232 g/mol. The Labute approximate surface area is 100 Å². The second-order valence-electron chi connectivity index (χ2n) is 4.18. The molecule has 1 aliphatic carbocycles. The summed E-state index contributed by atoms with van der Waals surface area (Å²) in [5.41, 5.74) is 1.79. The number of aliphatic hydroxyl groups is 1. The Morgan fingerprint density at radius 3 is 2.94 bits per heavy atom. The van der Waals surface area contributed by atoms with Gasteiger partial charge in [0.05, 0.1) is 0 Å². The number of allylic oxidation sites excluding steroid dienone is 1. The molecule has 0 spiro atoms. The van der Waals surface area contributed by atoms with E-state index in [4.69, 9.17) is 0 Å². The minimum Gasteiger partial charge on any atom is -0.507 e. The van der Waals surface area contributed by atoms with Crippen molar-refractivity contribution in [2.45, 2.75) is 32.6 Å². The maximum absolute atomic E-state index is 11.4. The second kappa shape index (κ2) is 4.99. The highest BCUT2D eigenvalue weighted by atomic mass is 16.3. The topological polar surface area (TPSA) is 62.2 Å². The summed E-state index contributed by atoms with van der Waals surface area (Å²) in [5.74, 6) is 0.780. The molecule has 2 rings (SSSR count). The summed E-state index contributed by atoms with van der Waals surface area (Å²) in [5, 5.41) is 12.6. The molecule has 17 heavy (non-hydrogen) atoms. The summed E-state index contributed by atoms with van der Waals surface area (Å²) in [7, 11) is 0. The first kappa shape index (κ1) is 11.6. The van der Waals surface area contributed by atoms with Crippen LogP contribution < -0.4 is 5.32 Å². The maximum Gasteiger partial charge on any atom is 0.225 e. The summed E-state index contributed by atoms with van der Waals surface area (Å²) < 4.78 is 0. The zero-order chi connectivity index (χ0) is 12.3. The number of hydrogen-bond acceptors (Lipinski definition) is 3. The van der Waals surface area contributed by atoms with Crippen LogP contribution in [0.4, 0.5) is 5.82 Å². The van der Waals surface area contributed by atoms with Gasteiger partial charge in [-0.15, -0.1) is 0 Å². The summed E-state index contributed by atoms with van der Waals surface area (Å²) in [6.07, 6.45) is 4.81. The van der Waals surface area contributed by atoms with Gasteiger partial charge in [-0.1, -0.05) is 6.92 Å². The molecule has 0 aromatic carbocycles. The van der Waals surface area contributed by atoms with Crippen molar-refractivity contribution in [3.63, 3.8) is 0 Å². The molecule has 1 aromatic heterocycles. The number of nitrogens with zero attached hydrogens (tertiary/aromatic N) is 1. The van der Waals surface area contributed by atoms with Crippen molar-refractivity contribution in [1.82, 2.24) is 4.98 Å². The normalized spacial score (nSPS) is 13.4. The molecule has 0 aliphatic heterocycles. The molecule has 1 heterocycles. The summed E-state index contributed by atoms with van der Waals surface area (Å²) in [6, 6.07) is 3.45. The van der Waals surface area contributed by atoms with E-state index < -0.39 is 0 Å². The van der Waals surface area contributed by atoms with Gasteiger partial charge in [0.1, 0.15) is 11.6 Å². The lowest BCUT2D eigenvalue weighted by molar-refractivity contribution is -0.116. The molecule has 1 aromatic rings. The van der Waals surface area contributed by atoms with Crippen molar-refractivity contribution >= 4 is 17.5 Å². The molecule has 0 saturated heterocycles. The van der Waals surface area contributed by atoms with Crippen LogP contribution in [-0.4, -0.2) is 16.0 Å². The third-order valence-electron chi connectivity index (χ3n) is 2.61. The van der Waals surface area contributed by atoms with Gasteiger partial charge in [0.25, 0.3) is 0 Å². The number of anilines is 1. The molecule has 1 aliphatic rings. The fraction of sp³-hybridized carbons (Fsp3) is 0.385. The van der Waals surface area contributed by atoms with E-state index in [1.165, 1.54) is 0 Å². The number of rotatable bonds is 4. The second-order valence-corrected chi connectivity index (χ2v) is 4.18. The SMILES string of the molecule is CCCC(=O)Nc1cc(C(O)=C2CC2)ccn1. The first-order valence-electron chi connectivity index (χ1n) is 5.88. The lowest BCUT2D eigenvalue weighted by Gasteiger charge is -2.05. The van der Waals surface area contributed by atoms with Crippen LogP contribution in [0.5, 0.6) is 0 Å². The monoisotopic (exact) mass is 232 g/mol. The lowest BCUT2D eigenvalue weighted by Crippen LogP contribution is -2.11. The molecule has 0 unspecified atom stereocenters. The van der Waals surface area contributed by atoms with E-state index in [0.717, 1.165) is 30.4 Å². The van der Waals surface area contributed by atoms with Crippen LogP contribution in [0.1, 0.15) is 38.2 Å². The number of nitrogens with one attached hydrogen (secondary N) is 1. The van der Waals surface area contributed by atoms with Gasteiger partial charge in [-0.3, -0.25) is 4.79 Å². The Balaban J connectivity index is 2.12. The Hall–Kier alpha value is -1.84. The third kappa shape index (κ3) is 3.06. The van der Waals surface area contributed by atoms with E-state index >= 15 is 0 Å². The number of carbonyl (C=O) groups is 1. The first-order valence-corrected chi connectivity index (χ1v) is 5.88. The summed E-state index contributed by atoms with van der Waals surface area (Å²) in [4.78, 5) is 15.5. The highest BCUT2D eigenvalue weighted by Crippen LogP contribution is 2.35. The molecule has 0 bridgehead atoms. The Kier molecular flexibility index (Phi) is 3.42. The number of pyridine rings is 1. The van der Waals surface area contributed by atoms with Crippen LogP contribution in [0, 0.1) is 0 Å². The van der Waals surface area contributed by atoms with Crippen LogP contribution in [0.25, 0.3) is 5.76 Å². The van der Waals surface area contributed by atoms with Gasteiger partial charge in [0.2, 0.25) is 5.91 Å². The van der Waals surface area contributed by atoms with Crippen molar-refractivity contribution < 1.29 is 9.90 Å². The van der Waals surface area contributed by atoms with Gasteiger partial charge in [-0.25, -0.2) is 4.98 Å². The van der Waals surface area contributed by atoms with E-state index in [-0.39, 0.29) is 5.91 Å². The largest absolute Gasteiger partial charge is 0.507 e. The fourth-order valence-electron chi connectivity index (χ4n) is 1.58. The lowest BCUT2D eigenvalue weighted by atomic mass is 10.2. The molecule has 2 N–H and O–H groups in total. The predicted molar refractivity (Wildman–Crippen MR) is 66.6 cm³/mol. The number of hydrogen-bond donors (Lipinski definition) is 2. The first-order chi connectivity index (χ1) is 8.20. The quantitative estimate of drug-likeness (QED) is 0.784. The molecule has 0 radical (unpaired) electrons. The van der Waals surface area contributed by atoms with E-state index in [2.05, 4.69) is 10.3 Å². The van der Waals surface area contributed by atoms with Gasteiger partial charge in [-0.05, 0) is 37.0 Å². The molecule has 90 valence electrons. The van der Waals surface area contributed by atoms with Gasteiger partial charge in [0, 0.05) is 18.2 Å². The minimum atomic E-state index is -0.0456. The minimum absolute atomic E-state index is 0.0456. The number of amides is 1.